The maximum atomic E-state index is 13.8. The van der Waals surface area contributed by atoms with Crippen LogP contribution >= 0.6 is 12.4 Å². The van der Waals surface area contributed by atoms with Gasteiger partial charge in [-0.1, -0.05) is 12.1 Å². The van der Waals surface area contributed by atoms with E-state index >= 15 is 0 Å². The Morgan fingerprint density at radius 2 is 1.61 bits per heavy atom. The molecule has 2 aliphatic heterocycles. The van der Waals surface area contributed by atoms with Crippen molar-refractivity contribution in [1.82, 2.24) is 20.1 Å². The fourth-order valence-corrected chi connectivity index (χ4v) is 5.73. The van der Waals surface area contributed by atoms with Gasteiger partial charge in [-0.25, -0.2) is 9.37 Å². The van der Waals surface area contributed by atoms with Crippen LogP contribution in [0.25, 0.3) is 0 Å². The van der Waals surface area contributed by atoms with Gasteiger partial charge in [0.1, 0.15) is 18.0 Å². The zero-order valence-electron chi connectivity index (χ0n) is 19.8. The van der Waals surface area contributed by atoms with Gasteiger partial charge in [-0.2, -0.15) is 31.4 Å². The number of benzene rings is 2. The second-order valence-corrected chi connectivity index (χ2v) is 9.47. The van der Waals surface area contributed by atoms with Crippen molar-refractivity contribution in [2.45, 2.75) is 68.9 Å². The molecule has 206 valence electrons. The van der Waals surface area contributed by atoms with Gasteiger partial charge in [0.2, 0.25) is 0 Å². The topological polar surface area (TPSA) is 54.0 Å². The summed E-state index contributed by atoms with van der Waals surface area (Å²) in [6.45, 7) is -0.0644. The molecule has 0 radical (unpaired) electrons. The van der Waals surface area contributed by atoms with Crippen molar-refractivity contribution in [3.8, 4) is 0 Å². The van der Waals surface area contributed by atoms with Gasteiger partial charge in [-0.3, -0.25) is 10.00 Å². The van der Waals surface area contributed by atoms with Crippen LogP contribution in [0.4, 0.5) is 30.7 Å². The summed E-state index contributed by atoms with van der Waals surface area (Å²) in [5.74, 6) is 0.181. The maximum Gasteiger partial charge on any atom is 0.416 e. The molecule has 5 nitrogen and oxygen atoms in total. The van der Waals surface area contributed by atoms with Gasteiger partial charge in [0.05, 0.1) is 35.9 Å². The summed E-state index contributed by atoms with van der Waals surface area (Å²) >= 11 is 0. The number of H-pyrrole nitrogens is 1. The lowest BCUT2D eigenvalue weighted by Crippen LogP contribution is -2.56. The number of halogens is 8. The van der Waals surface area contributed by atoms with E-state index in [-0.39, 0.29) is 30.1 Å². The molecule has 3 unspecified atom stereocenters. The fraction of sp³-hybridized carbons (Fsp3) is 0.440. The number of aromatic amines is 1. The molecule has 3 aromatic rings. The van der Waals surface area contributed by atoms with Gasteiger partial charge in [-0.15, -0.1) is 12.4 Å². The monoisotopic (exact) mass is 564 g/mol. The normalized spacial score (nSPS) is 23.9. The van der Waals surface area contributed by atoms with Crippen LogP contribution in [-0.4, -0.2) is 32.2 Å². The molecule has 13 heteroatoms. The van der Waals surface area contributed by atoms with E-state index in [9.17, 15) is 30.7 Å². The van der Waals surface area contributed by atoms with Crippen molar-refractivity contribution in [2.24, 2.45) is 0 Å². The van der Waals surface area contributed by atoms with Crippen molar-refractivity contribution < 1.29 is 35.5 Å². The van der Waals surface area contributed by atoms with E-state index in [1.165, 1.54) is 18.5 Å². The molecule has 0 spiro atoms. The Labute approximate surface area is 219 Å². The summed E-state index contributed by atoms with van der Waals surface area (Å²) in [7, 11) is 0. The molecule has 3 heterocycles. The van der Waals surface area contributed by atoms with Crippen LogP contribution in [0.2, 0.25) is 0 Å². The first-order valence-electron chi connectivity index (χ1n) is 11.7. The first-order chi connectivity index (χ1) is 17.5. The van der Waals surface area contributed by atoms with E-state index in [2.05, 4.69) is 20.1 Å². The molecule has 0 saturated carbocycles. The summed E-state index contributed by atoms with van der Waals surface area (Å²) in [6.07, 6.45) is -6.38. The van der Waals surface area contributed by atoms with Crippen molar-refractivity contribution >= 4 is 12.4 Å². The van der Waals surface area contributed by atoms with Gasteiger partial charge >= 0.3 is 12.4 Å². The quantitative estimate of drug-likeness (QED) is 0.341. The van der Waals surface area contributed by atoms with Crippen molar-refractivity contribution in [3.63, 3.8) is 0 Å². The largest absolute Gasteiger partial charge is 0.416 e. The number of fused-ring (bicyclic) bond motifs is 2. The Balaban J connectivity index is 0.00000336. The highest BCUT2D eigenvalue weighted by Gasteiger charge is 2.56. The molecule has 1 N–H and O–H groups in total. The number of ether oxygens (including phenoxy) is 1. The maximum absolute atomic E-state index is 13.8. The second kappa shape index (κ2) is 10.5. The number of rotatable bonds is 6. The number of piperidine rings is 1. The molecule has 0 amide bonds. The van der Waals surface area contributed by atoms with Crippen LogP contribution in [0, 0.1) is 5.82 Å². The lowest BCUT2D eigenvalue weighted by molar-refractivity contribution is -0.143. The van der Waals surface area contributed by atoms with Crippen LogP contribution in [0.15, 0.2) is 48.8 Å². The summed E-state index contributed by atoms with van der Waals surface area (Å²) in [5, 5.41) is 6.72. The van der Waals surface area contributed by atoms with Gasteiger partial charge in [-0.05, 0) is 67.1 Å². The molecule has 2 bridgehead atoms. The highest BCUT2D eigenvalue weighted by Crippen LogP contribution is 2.52. The van der Waals surface area contributed by atoms with Crippen LogP contribution in [0.3, 0.4) is 0 Å². The number of nitrogens with one attached hydrogen (secondary N) is 1. The molecule has 2 aromatic carbocycles. The minimum Gasteiger partial charge on any atom is -0.371 e. The van der Waals surface area contributed by atoms with E-state index in [1.807, 2.05) is 0 Å². The summed E-state index contributed by atoms with van der Waals surface area (Å²) in [4.78, 5) is 6.39. The van der Waals surface area contributed by atoms with Crippen molar-refractivity contribution in [3.05, 3.63) is 82.7 Å². The third-order valence-electron chi connectivity index (χ3n) is 7.33. The average molecular weight is 565 g/mol. The highest BCUT2D eigenvalue weighted by molar-refractivity contribution is 5.85. The molecule has 3 atom stereocenters. The molecule has 1 aromatic heterocycles. The first kappa shape index (κ1) is 28.3. The number of alkyl halides is 6. The number of nitrogens with zero attached hydrogens (tertiary/aromatic N) is 3. The highest BCUT2D eigenvalue weighted by atomic mass is 35.5. The van der Waals surface area contributed by atoms with E-state index in [1.54, 1.807) is 12.1 Å². The molecular weight excluding hydrogens is 541 g/mol. The number of hydrogen-bond donors (Lipinski definition) is 1. The molecule has 2 fully saturated rings. The zero-order valence-corrected chi connectivity index (χ0v) is 20.6. The standard InChI is InChI=1S/C25H23F7N4O.ClH/c26-19-3-1-16(2-4-19)23-8-7-20(36(23)12-22-33-14-34-35-22)5-6-21(23)37-13-15-9-17(24(27,28)29)11-18(10-15)25(30,31)32;/h1-4,9-11,14,20-21H,5-8,12-13H2,(H,33,34,35);1H. The van der Waals surface area contributed by atoms with Gasteiger partial charge in [0.15, 0.2) is 0 Å². The third kappa shape index (κ3) is 5.39. The molecule has 38 heavy (non-hydrogen) atoms. The lowest BCUT2D eigenvalue weighted by atomic mass is 9.78. The Morgan fingerprint density at radius 1 is 0.947 bits per heavy atom. The van der Waals surface area contributed by atoms with E-state index < -0.39 is 47.5 Å². The Bertz CT molecular complexity index is 1200. The smallest absolute Gasteiger partial charge is 0.371 e. The van der Waals surface area contributed by atoms with Crippen LogP contribution in [0.1, 0.15) is 53.8 Å². The summed E-state index contributed by atoms with van der Waals surface area (Å²) in [5.41, 5.74) is -2.99. The third-order valence-corrected chi connectivity index (χ3v) is 7.33. The fourth-order valence-electron chi connectivity index (χ4n) is 5.73. The molecule has 2 aliphatic rings. The van der Waals surface area contributed by atoms with E-state index in [0.717, 1.165) is 18.4 Å². The number of hydrogen-bond acceptors (Lipinski definition) is 4. The van der Waals surface area contributed by atoms with Crippen LogP contribution < -0.4 is 0 Å². The van der Waals surface area contributed by atoms with E-state index in [0.29, 0.717) is 37.3 Å². The predicted octanol–water partition coefficient (Wildman–Crippen LogP) is 6.64. The lowest BCUT2D eigenvalue weighted by Gasteiger charge is -2.49. The Hall–Kier alpha value is -2.70. The molecular formula is C25H24ClF7N4O. The minimum absolute atomic E-state index is 0. The van der Waals surface area contributed by atoms with Crippen LogP contribution in [0.5, 0.6) is 0 Å². The molecule has 2 saturated heterocycles. The molecule has 5 rings (SSSR count). The van der Waals surface area contributed by atoms with Gasteiger partial charge in [0, 0.05) is 6.04 Å². The second-order valence-electron chi connectivity index (χ2n) is 9.47. The molecule has 0 aliphatic carbocycles. The predicted molar refractivity (Wildman–Crippen MR) is 125 cm³/mol. The van der Waals surface area contributed by atoms with Gasteiger partial charge < -0.3 is 4.74 Å². The minimum atomic E-state index is -4.94. The van der Waals surface area contributed by atoms with Crippen molar-refractivity contribution in [2.75, 3.05) is 0 Å². The van der Waals surface area contributed by atoms with Crippen molar-refractivity contribution in [1.29, 1.82) is 0 Å². The van der Waals surface area contributed by atoms with Crippen LogP contribution in [-0.2, 0) is 35.8 Å². The summed E-state index contributed by atoms with van der Waals surface area (Å²) in [6, 6.07) is 7.60. The Kier molecular flexibility index (Phi) is 7.79. The Morgan fingerprint density at radius 3 is 2.18 bits per heavy atom. The summed E-state index contributed by atoms with van der Waals surface area (Å²) < 4.78 is 100.0. The van der Waals surface area contributed by atoms with Gasteiger partial charge in [0.25, 0.3) is 0 Å². The average Bonchev–Trinajstić information content (AvgIpc) is 3.43. The number of aromatic nitrogens is 3. The SMILES string of the molecule is Cl.Fc1ccc(C23CCC(CCC2OCc2cc(C(F)(F)F)cc(C(F)(F)F)c2)N3Cc2ncn[nH]2)cc1. The van der Waals surface area contributed by atoms with E-state index in [4.69, 9.17) is 4.74 Å². The zero-order chi connectivity index (χ0) is 26.4. The first-order valence-corrected chi connectivity index (χ1v) is 11.7.